The van der Waals surface area contributed by atoms with Crippen molar-refractivity contribution in [2.75, 3.05) is 5.32 Å². The fourth-order valence-corrected chi connectivity index (χ4v) is 1.82. The van der Waals surface area contributed by atoms with E-state index in [4.69, 9.17) is 0 Å². The molecule has 1 aromatic heterocycles. The number of benzene rings is 1. The normalized spacial score (nSPS) is 10.4. The molecule has 0 saturated heterocycles. The van der Waals surface area contributed by atoms with Crippen LogP contribution < -0.4 is 5.32 Å². The molecule has 0 aliphatic heterocycles. The molecule has 4 N–H and O–H groups in total. The third kappa shape index (κ3) is 2.95. The molecule has 1 heterocycles. The number of nitrogens with one attached hydrogen (secondary N) is 1. The van der Waals surface area contributed by atoms with Crippen molar-refractivity contribution in [1.82, 2.24) is 4.98 Å². The number of hydrogen-bond donors (Lipinski definition) is 4. The zero-order valence-electron chi connectivity index (χ0n) is 10.6. The number of rotatable bonds is 4. The highest BCUT2D eigenvalue weighted by Gasteiger charge is 2.11. The first-order valence-corrected chi connectivity index (χ1v) is 5.92. The van der Waals surface area contributed by atoms with Crippen molar-refractivity contribution in [2.24, 2.45) is 0 Å². The van der Waals surface area contributed by atoms with Crippen LogP contribution in [0.5, 0.6) is 11.5 Å². The van der Waals surface area contributed by atoms with Crippen molar-refractivity contribution < 1.29 is 15.3 Å². The van der Waals surface area contributed by atoms with Gasteiger partial charge in [0.1, 0.15) is 11.5 Å². The van der Waals surface area contributed by atoms with Gasteiger partial charge in [0.25, 0.3) is 0 Å². The van der Waals surface area contributed by atoms with Gasteiger partial charge in [-0.3, -0.25) is 4.98 Å². The predicted octanol–water partition coefficient (Wildman–Crippen LogP) is 1.91. The number of phenols is 1. The molecule has 0 unspecified atom stereocenters. The van der Waals surface area contributed by atoms with Gasteiger partial charge in [0, 0.05) is 35.6 Å². The molecule has 0 atom stereocenters. The number of anilines is 1. The molecule has 0 amide bonds. The molecule has 0 bridgehead atoms. The van der Waals surface area contributed by atoms with Crippen molar-refractivity contribution in [3.05, 3.63) is 47.3 Å². The first-order valence-electron chi connectivity index (χ1n) is 5.92. The SMILES string of the molecule is Cc1ncc(CO)c(CNc2cccc(O)c2)c1O. The lowest BCUT2D eigenvalue weighted by molar-refractivity contribution is 0.279. The Morgan fingerprint density at radius 3 is 2.74 bits per heavy atom. The van der Waals surface area contributed by atoms with E-state index in [2.05, 4.69) is 10.3 Å². The average molecular weight is 260 g/mol. The van der Waals surface area contributed by atoms with E-state index in [9.17, 15) is 15.3 Å². The van der Waals surface area contributed by atoms with Crippen molar-refractivity contribution in [2.45, 2.75) is 20.1 Å². The van der Waals surface area contributed by atoms with Crippen LogP contribution in [0.1, 0.15) is 16.8 Å². The number of pyridine rings is 1. The van der Waals surface area contributed by atoms with Gasteiger partial charge in [0.05, 0.1) is 12.3 Å². The number of aliphatic hydroxyl groups is 1. The van der Waals surface area contributed by atoms with Crippen LogP contribution in [0.4, 0.5) is 5.69 Å². The zero-order valence-corrected chi connectivity index (χ0v) is 10.6. The molecule has 19 heavy (non-hydrogen) atoms. The van der Waals surface area contributed by atoms with E-state index < -0.39 is 0 Å². The van der Waals surface area contributed by atoms with Gasteiger partial charge in [-0.1, -0.05) is 6.07 Å². The van der Waals surface area contributed by atoms with Crippen LogP contribution in [-0.2, 0) is 13.2 Å². The van der Waals surface area contributed by atoms with E-state index in [-0.39, 0.29) is 18.1 Å². The number of hydrogen-bond acceptors (Lipinski definition) is 5. The highest BCUT2D eigenvalue weighted by Crippen LogP contribution is 2.25. The summed E-state index contributed by atoms with van der Waals surface area (Å²) >= 11 is 0. The summed E-state index contributed by atoms with van der Waals surface area (Å²) in [6.45, 7) is 1.86. The fourth-order valence-electron chi connectivity index (χ4n) is 1.82. The van der Waals surface area contributed by atoms with Gasteiger partial charge in [0.15, 0.2) is 0 Å². The lowest BCUT2D eigenvalue weighted by Crippen LogP contribution is -2.05. The number of aromatic nitrogens is 1. The van der Waals surface area contributed by atoms with E-state index in [1.807, 2.05) is 6.07 Å². The van der Waals surface area contributed by atoms with E-state index in [1.165, 1.54) is 0 Å². The second-order valence-electron chi connectivity index (χ2n) is 4.26. The molecule has 0 saturated carbocycles. The maximum atomic E-state index is 9.98. The third-order valence-corrected chi connectivity index (χ3v) is 2.92. The molecule has 0 aliphatic rings. The predicted molar refractivity (Wildman–Crippen MR) is 72.0 cm³/mol. The number of phenolic OH excluding ortho intramolecular Hbond substituents is 1. The number of aryl methyl sites for hydroxylation is 1. The average Bonchev–Trinajstić information content (AvgIpc) is 2.40. The first-order chi connectivity index (χ1) is 9.11. The molecule has 5 nitrogen and oxygen atoms in total. The summed E-state index contributed by atoms with van der Waals surface area (Å²) in [5, 5.41) is 31.7. The highest BCUT2D eigenvalue weighted by atomic mass is 16.3. The Morgan fingerprint density at radius 2 is 2.05 bits per heavy atom. The second-order valence-corrected chi connectivity index (χ2v) is 4.26. The number of nitrogens with zero attached hydrogens (tertiary/aromatic N) is 1. The zero-order chi connectivity index (χ0) is 13.8. The first kappa shape index (κ1) is 13.2. The largest absolute Gasteiger partial charge is 0.508 e. The Hall–Kier alpha value is -2.27. The molecule has 0 aliphatic carbocycles. The molecular weight excluding hydrogens is 244 g/mol. The van der Waals surface area contributed by atoms with E-state index in [0.717, 1.165) is 5.69 Å². The molecule has 1 aromatic carbocycles. The summed E-state index contributed by atoms with van der Waals surface area (Å²) in [6.07, 6.45) is 1.55. The van der Waals surface area contributed by atoms with Gasteiger partial charge in [-0.15, -0.1) is 0 Å². The molecule has 0 radical (unpaired) electrons. The van der Waals surface area contributed by atoms with Crippen LogP contribution in [0.25, 0.3) is 0 Å². The van der Waals surface area contributed by atoms with Crippen molar-refractivity contribution in [3.63, 3.8) is 0 Å². The summed E-state index contributed by atoms with van der Waals surface area (Å²) < 4.78 is 0. The van der Waals surface area contributed by atoms with Crippen LogP contribution in [0, 0.1) is 6.92 Å². The summed E-state index contributed by atoms with van der Waals surface area (Å²) in [5.41, 5.74) is 2.44. The highest BCUT2D eigenvalue weighted by molar-refractivity contribution is 5.50. The molecule has 100 valence electrons. The fraction of sp³-hybridized carbons (Fsp3) is 0.214. The maximum Gasteiger partial charge on any atom is 0.142 e. The van der Waals surface area contributed by atoms with Gasteiger partial charge in [0.2, 0.25) is 0 Å². The van der Waals surface area contributed by atoms with E-state index in [1.54, 1.807) is 31.3 Å². The Labute approximate surface area is 111 Å². The lowest BCUT2D eigenvalue weighted by Gasteiger charge is -2.13. The molecular formula is C14H16N2O3. The standard InChI is InChI=1S/C14H16N2O3/c1-9-14(19)13(10(8-17)6-15-9)7-16-11-3-2-4-12(18)5-11/h2-6,16-19H,7-8H2,1H3. The topological polar surface area (TPSA) is 85.6 Å². The minimum atomic E-state index is -0.183. The molecule has 5 heteroatoms. The van der Waals surface area contributed by atoms with Crippen LogP contribution in [-0.4, -0.2) is 20.3 Å². The smallest absolute Gasteiger partial charge is 0.142 e. The third-order valence-electron chi connectivity index (χ3n) is 2.92. The van der Waals surface area contributed by atoms with Gasteiger partial charge in [-0.05, 0) is 19.1 Å². The number of aliphatic hydroxyl groups excluding tert-OH is 1. The van der Waals surface area contributed by atoms with Crippen molar-refractivity contribution >= 4 is 5.69 Å². The monoisotopic (exact) mass is 260 g/mol. The van der Waals surface area contributed by atoms with Crippen molar-refractivity contribution in [1.29, 1.82) is 0 Å². The van der Waals surface area contributed by atoms with Crippen molar-refractivity contribution in [3.8, 4) is 11.5 Å². The van der Waals surface area contributed by atoms with Crippen LogP contribution in [0.2, 0.25) is 0 Å². The molecule has 0 fully saturated rings. The van der Waals surface area contributed by atoms with Crippen LogP contribution in [0.15, 0.2) is 30.5 Å². The van der Waals surface area contributed by atoms with E-state index >= 15 is 0 Å². The van der Waals surface area contributed by atoms with Gasteiger partial charge in [-0.2, -0.15) is 0 Å². The van der Waals surface area contributed by atoms with Crippen LogP contribution in [0.3, 0.4) is 0 Å². The Bertz CT molecular complexity index is 585. The molecule has 2 rings (SSSR count). The Morgan fingerprint density at radius 1 is 1.26 bits per heavy atom. The van der Waals surface area contributed by atoms with Gasteiger partial charge >= 0.3 is 0 Å². The quantitative estimate of drug-likeness (QED) is 0.674. The molecule has 2 aromatic rings. The summed E-state index contributed by atoms with van der Waals surface area (Å²) in [7, 11) is 0. The van der Waals surface area contributed by atoms with Gasteiger partial charge < -0.3 is 20.6 Å². The second kappa shape index (κ2) is 5.58. The van der Waals surface area contributed by atoms with Gasteiger partial charge in [-0.25, -0.2) is 0 Å². The minimum Gasteiger partial charge on any atom is -0.508 e. The minimum absolute atomic E-state index is 0.0826. The summed E-state index contributed by atoms with van der Waals surface area (Å²) in [6, 6.07) is 6.70. The molecule has 0 spiro atoms. The summed E-state index contributed by atoms with van der Waals surface area (Å²) in [4.78, 5) is 4.00. The summed E-state index contributed by atoms with van der Waals surface area (Å²) in [5.74, 6) is 0.252. The Balaban J connectivity index is 2.21. The van der Waals surface area contributed by atoms with E-state index in [0.29, 0.717) is 23.4 Å². The Kier molecular flexibility index (Phi) is 3.87. The number of aromatic hydroxyl groups is 2. The maximum absolute atomic E-state index is 9.98. The van der Waals surface area contributed by atoms with Crippen LogP contribution >= 0.6 is 0 Å². The lowest BCUT2D eigenvalue weighted by atomic mass is 10.1.